The van der Waals surface area contributed by atoms with Crippen LogP contribution < -0.4 is 5.32 Å². The van der Waals surface area contributed by atoms with Crippen molar-refractivity contribution >= 4 is 12.0 Å². The Labute approximate surface area is 112 Å². The van der Waals surface area contributed by atoms with Gasteiger partial charge in [0.05, 0.1) is 13.2 Å². The first-order chi connectivity index (χ1) is 8.96. The molecule has 0 aliphatic carbocycles. The summed E-state index contributed by atoms with van der Waals surface area (Å²) in [5.41, 5.74) is 0.0570. The summed E-state index contributed by atoms with van der Waals surface area (Å²) in [5.74, 6) is -0.420. The zero-order valence-electron chi connectivity index (χ0n) is 11.3. The monoisotopic (exact) mass is 262 g/mol. The van der Waals surface area contributed by atoms with E-state index >= 15 is 0 Å². The second-order valence-corrected chi connectivity index (χ2v) is 5.07. The number of hydrogen-bond donors (Lipinski definition) is 1. The van der Waals surface area contributed by atoms with E-state index in [1.165, 1.54) is 12.0 Å². The number of methoxy groups -OCH3 is 1. The lowest BCUT2D eigenvalue weighted by Crippen LogP contribution is -2.52. The van der Waals surface area contributed by atoms with Gasteiger partial charge in [0.25, 0.3) is 0 Å². The molecule has 0 radical (unpaired) electrons. The zero-order valence-corrected chi connectivity index (χ0v) is 11.3. The van der Waals surface area contributed by atoms with E-state index in [0.717, 1.165) is 5.56 Å². The van der Waals surface area contributed by atoms with Gasteiger partial charge in [-0.25, -0.2) is 9.59 Å². The molecular weight excluding hydrogens is 244 g/mol. The van der Waals surface area contributed by atoms with Gasteiger partial charge in [-0.2, -0.15) is 0 Å². The van der Waals surface area contributed by atoms with Crippen molar-refractivity contribution in [3.05, 3.63) is 35.9 Å². The number of hydrogen-bond acceptors (Lipinski definition) is 3. The Morgan fingerprint density at radius 2 is 2.00 bits per heavy atom. The van der Waals surface area contributed by atoms with Gasteiger partial charge in [0.2, 0.25) is 0 Å². The number of urea groups is 1. The Morgan fingerprint density at radius 3 is 2.58 bits per heavy atom. The number of benzene rings is 1. The van der Waals surface area contributed by atoms with E-state index < -0.39 is 11.5 Å². The Bertz CT molecular complexity index is 485. The largest absolute Gasteiger partial charge is 0.467 e. The molecule has 5 nitrogen and oxygen atoms in total. The Balaban J connectivity index is 2.19. The van der Waals surface area contributed by atoms with Gasteiger partial charge >= 0.3 is 12.0 Å². The molecule has 1 aromatic carbocycles. The molecule has 1 aromatic rings. The maximum atomic E-state index is 12.0. The van der Waals surface area contributed by atoms with Crippen LogP contribution in [0.5, 0.6) is 0 Å². The lowest BCUT2D eigenvalue weighted by molar-refractivity contribution is -0.151. The van der Waals surface area contributed by atoms with Gasteiger partial charge in [-0.3, -0.25) is 0 Å². The van der Waals surface area contributed by atoms with Crippen LogP contribution in [0.4, 0.5) is 4.79 Å². The summed E-state index contributed by atoms with van der Waals surface area (Å²) in [6.07, 6.45) is 0. The van der Waals surface area contributed by atoms with Gasteiger partial charge in [-0.05, 0) is 19.4 Å². The van der Waals surface area contributed by atoms with E-state index in [2.05, 4.69) is 5.32 Å². The fourth-order valence-electron chi connectivity index (χ4n) is 2.25. The summed E-state index contributed by atoms with van der Waals surface area (Å²) in [7, 11) is 1.33. The molecule has 1 unspecified atom stereocenters. The standard InChI is InChI=1S/C14H18N2O3/c1-14(2,12(17)19-3)16-9-11(15-13(16)18)10-7-5-4-6-8-10/h4-8,11H,9H2,1-3H3,(H,15,18). The van der Waals surface area contributed by atoms with Crippen molar-refractivity contribution in [3.8, 4) is 0 Å². The summed E-state index contributed by atoms with van der Waals surface area (Å²) in [6, 6.07) is 9.35. The highest BCUT2D eigenvalue weighted by atomic mass is 16.5. The summed E-state index contributed by atoms with van der Waals surface area (Å²) in [6.45, 7) is 3.82. The van der Waals surface area contributed by atoms with Crippen molar-refractivity contribution in [3.63, 3.8) is 0 Å². The maximum Gasteiger partial charge on any atom is 0.331 e. The number of amides is 2. The van der Waals surface area contributed by atoms with Crippen LogP contribution >= 0.6 is 0 Å². The molecule has 0 saturated carbocycles. The minimum atomic E-state index is -0.970. The fourth-order valence-corrected chi connectivity index (χ4v) is 2.25. The number of carbonyl (C=O) groups is 2. The van der Waals surface area contributed by atoms with Crippen molar-refractivity contribution in [1.82, 2.24) is 10.2 Å². The van der Waals surface area contributed by atoms with Crippen LogP contribution in [0, 0.1) is 0 Å². The van der Waals surface area contributed by atoms with Crippen LogP contribution in [0.25, 0.3) is 0 Å². The van der Waals surface area contributed by atoms with Crippen molar-refractivity contribution in [2.75, 3.05) is 13.7 Å². The van der Waals surface area contributed by atoms with E-state index in [9.17, 15) is 9.59 Å². The summed E-state index contributed by atoms with van der Waals surface area (Å²) in [5, 5.41) is 2.88. The molecule has 1 aliphatic heterocycles. The number of nitrogens with one attached hydrogen (secondary N) is 1. The molecule has 2 rings (SSSR count). The number of rotatable bonds is 3. The molecule has 1 saturated heterocycles. The molecule has 1 N–H and O–H groups in total. The van der Waals surface area contributed by atoms with Crippen LogP contribution in [-0.2, 0) is 9.53 Å². The molecule has 1 fully saturated rings. The van der Waals surface area contributed by atoms with Gasteiger partial charge in [-0.15, -0.1) is 0 Å². The maximum absolute atomic E-state index is 12.0. The number of carbonyl (C=O) groups excluding carboxylic acids is 2. The van der Waals surface area contributed by atoms with Crippen LogP contribution in [0.2, 0.25) is 0 Å². The number of ether oxygens (including phenoxy) is 1. The summed E-state index contributed by atoms with van der Waals surface area (Å²) < 4.78 is 4.76. The average molecular weight is 262 g/mol. The molecule has 0 spiro atoms. The van der Waals surface area contributed by atoms with Gasteiger partial charge < -0.3 is 15.0 Å². The molecule has 1 heterocycles. The van der Waals surface area contributed by atoms with E-state index in [1.54, 1.807) is 13.8 Å². The van der Waals surface area contributed by atoms with Crippen molar-refractivity contribution < 1.29 is 14.3 Å². The third-order valence-electron chi connectivity index (χ3n) is 3.47. The van der Waals surface area contributed by atoms with E-state index in [4.69, 9.17) is 4.74 Å². The minimum absolute atomic E-state index is 0.0994. The Hall–Kier alpha value is -2.04. The van der Waals surface area contributed by atoms with Gasteiger partial charge in [-0.1, -0.05) is 30.3 Å². The number of nitrogens with zero attached hydrogens (tertiary/aromatic N) is 1. The highest BCUT2D eigenvalue weighted by Gasteiger charge is 2.44. The van der Waals surface area contributed by atoms with Gasteiger partial charge in [0, 0.05) is 6.54 Å². The predicted octanol–water partition coefficient (Wildman–Crippen LogP) is 1.70. The third kappa shape index (κ3) is 2.41. The first kappa shape index (κ1) is 13.4. The second kappa shape index (κ2) is 4.91. The van der Waals surface area contributed by atoms with Crippen LogP contribution in [-0.4, -0.2) is 36.1 Å². The van der Waals surface area contributed by atoms with Crippen LogP contribution in [0.15, 0.2) is 30.3 Å². The highest BCUT2D eigenvalue weighted by Crippen LogP contribution is 2.27. The molecule has 5 heteroatoms. The molecule has 0 bridgehead atoms. The zero-order chi connectivity index (χ0) is 14.0. The Morgan fingerprint density at radius 1 is 1.37 bits per heavy atom. The van der Waals surface area contributed by atoms with Gasteiger partial charge in [0.15, 0.2) is 0 Å². The third-order valence-corrected chi connectivity index (χ3v) is 3.47. The molecule has 0 aromatic heterocycles. The predicted molar refractivity (Wildman–Crippen MR) is 70.5 cm³/mol. The Kier molecular flexibility index (Phi) is 3.46. The van der Waals surface area contributed by atoms with Crippen LogP contribution in [0.1, 0.15) is 25.5 Å². The molecular formula is C14H18N2O3. The average Bonchev–Trinajstić information content (AvgIpc) is 2.81. The fraction of sp³-hybridized carbons (Fsp3) is 0.429. The first-order valence-corrected chi connectivity index (χ1v) is 6.18. The van der Waals surface area contributed by atoms with Crippen molar-refractivity contribution in [2.45, 2.75) is 25.4 Å². The second-order valence-electron chi connectivity index (χ2n) is 5.07. The number of esters is 1. The summed E-state index contributed by atoms with van der Waals surface area (Å²) in [4.78, 5) is 25.3. The lowest BCUT2D eigenvalue weighted by atomic mass is 10.0. The lowest BCUT2D eigenvalue weighted by Gasteiger charge is -2.31. The molecule has 102 valence electrons. The molecule has 19 heavy (non-hydrogen) atoms. The molecule has 1 atom stereocenters. The van der Waals surface area contributed by atoms with E-state index in [1.807, 2.05) is 30.3 Å². The smallest absolute Gasteiger partial charge is 0.331 e. The van der Waals surface area contributed by atoms with Crippen molar-refractivity contribution in [2.24, 2.45) is 0 Å². The normalized spacial score (nSPS) is 19.2. The van der Waals surface area contributed by atoms with E-state index in [0.29, 0.717) is 6.54 Å². The molecule has 2 amide bonds. The van der Waals surface area contributed by atoms with Crippen LogP contribution in [0.3, 0.4) is 0 Å². The van der Waals surface area contributed by atoms with Gasteiger partial charge in [0.1, 0.15) is 5.54 Å². The quantitative estimate of drug-likeness (QED) is 0.843. The molecule has 1 aliphatic rings. The topological polar surface area (TPSA) is 58.6 Å². The van der Waals surface area contributed by atoms with Crippen molar-refractivity contribution in [1.29, 1.82) is 0 Å². The SMILES string of the molecule is COC(=O)C(C)(C)N1CC(c2ccccc2)NC1=O. The first-order valence-electron chi connectivity index (χ1n) is 6.18. The minimum Gasteiger partial charge on any atom is -0.467 e. The van der Waals surface area contributed by atoms with E-state index in [-0.39, 0.29) is 12.1 Å². The highest BCUT2D eigenvalue weighted by molar-refractivity contribution is 5.88. The summed E-state index contributed by atoms with van der Waals surface area (Å²) >= 11 is 0.